The van der Waals surface area contributed by atoms with Crippen LogP contribution in [0.4, 0.5) is 15.8 Å². The van der Waals surface area contributed by atoms with E-state index in [9.17, 15) is 19.3 Å². The molecule has 1 heterocycles. The van der Waals surface area contributed by atoms with Crippen molar-refractivity contribution in [3.8, 4) is 5.75 Å². The fourth-order valence-corrected chi connectivity index (χ4v) is 2.31. The summed E-state index contributed by atoms with van der Waals surface area (Å²) in [6, 6.07) is 2.09. The number of nitro benzene ring substituents is 1. The predicted molar refractivity (Wildman–Crippen MR) is 72.1 cm³/mol. The number of hydrogen-bond acceptors (Lipinski definition) is 5. The summed E-state index contributed by atoms with van der Waals surface area (Å²) in [6.45, 7) is 2.40. The summed E-state index contributed by atoms with van der Waals surface area (Å²) in [4.78, 5) is 22.6. The van der Waals surface area contributed by atoms with E-state index in [2.05, 4.69) is 0 Å². The van der Waals surface area contributed by atoms with E-state index in [-0.39, 0.29) is 17.4 Å². The first-order valence-corrected chi connectivity index (χ1v) is 6.34. The number of ether oxygens (including phenoxy) is 1. The molecule has 1 unspecified atom stereocenters. The van der Waals surface area contributed by atoms with Crippen LogP contribution in [0.5, 0.6) is 5.75 Å². The van der Waals surface area contributed by atoms with Crippen molar-refractivity contribution in [2.24, 2.45) is 11.8 Å². The Kier molecular flexibility index (Phi) is 3.97. The van der Waals surface area contributed by atoms with Gasteiger partial charge in [-0.1, -0.05) is 6.92 Å². The molecule has 1 saturated heterocycles. The van der Waals surface area contributed by atoms with Crippen LogP contribution in [0.3, 0.4) is 0 Å². The molecule has 1 aliphatic rings. The summed E-state index contributed by atoms with van der Waals surface area (Å²) < 4.78 is 18.9. The maximum absolute atomic E-state index is 14.0. The quantitative estimate of drug-likeness (QED) is 0.659. The summed E-state index contributed by atoms with van der Waals surface area (Å²) in [7, 11) is 1.27. The van der Waals surface area contributed by atoms with Gasteiger partial charge < -0.3 is 14.7 Å². The lowest BCUT2D eigenvalue weighted by atomic mass is 9.86. The molecular formula is C13H15FN2O5. The lowest BCUT2D eigenvalue weighted by Gasteiger charge is -2.43. The average Bonchev–Trinajstić information content (AvgIpc) is 2.37. The Balaban J connectivity index is 2.19. The van der Waals surface area contributed by atoms with E-state index in [1.165, 1.54) is 13.2 Å². The molecule has 114 valence electrons. The van der Waals surface area contributed by atoms with Crippen LogP contribution in [0.2, 0.25) is 0 Å². The van der Waals surface area contributed by atoms with Crippen molar-refractivity contribution in [1.82, 2.24) is 0 Å². The fourth-order valence-electron chi connectivity index (χ4n) is 2.31. The highest BCUT2D eigenvalue weighted by Crippen LogP contribution is 2.37. The van der Waals surface area contributed by atoms with Gasteiger partial charge in [0.1, 0.15) is 0 Å². The number of hydrogen-bond donors (Lipinski definition) is 1. The maximum atomic E-state index is 14.0. The zero-order valence-corrected chi connectivity index (χ0v) is 11.6. The van der Waals surface area contributed by atoms with Gasteiger partial charge in [0.25, 0.3) is 0 Å². The molecule has 1 N–H and O–H groups in total. The highest BCUT2D eigenvalue weighted by molar-refractivity contribution is 5.71. The minimum atomic E-state index is -0.888. The number of anilines is 1. The van der Waals surface area contributed by atoms with Gasteiger partial charge in [-0.25, -0.2) is 4.39 Å². The highest BCUT2D eigenvalue weighted by Gasteiger charge is 2.36. The van der Waals surface area contributed by atoms with Crippen LogP contribution in [0, 0.1) is 27.8 Å². The second-order valence-electron chi connectivity index (χ2n) is 5.02. The van der Waals surface area contributed by atoms with E-state index < -0.39 is 28.3 Å². The third-order valence-electron chi connectivity index (χ3n) is 3.79. The number of carboxylic acids is 1. The number of aliphatic carboxylic acids is 1. The van der Waals surface area contributed by atoms with Crippen LogP contribution in [0.25, 0.3) is 0 Å². The van der Waals surface area contributed by atoms with Crippen molar-refractivity contribution in [3.05, 3.63) is 28.1 Å². The van der Waals surface area contributed by atoms with Crippen molar-refractivity contribution in [2.75, 3.05) is 25.1 Å². The molecule has 0 spiro atoms. The first kappa shape index (κ1) is 15.0. The summed E-state index contributed by atoms with van der Waals surface area (Å²) in [6.07, 6.45) is 0. The number of carbonyl (C=O) groups is 1. The van der Waals surface area contributed by atoms with Gasteiger partial charge in [-0.05, 0) is 0 Å². The minimum Gasteiger partial charge on any atom is -0.490 e. The molecule has 7 nitrogen and oxygen atoms in total. The topological polar surface area (TPSA) is 92.9 Å². The largest absolute Gasteiger partial charge is 0.490 e. The van der Waals surface area contributed by atoms with Crippen molar-refractivity contribution in [2.45, 2.75) is 6.92 Å². The zero-order valence-electron chi connectivity index (χ0n) is 11.6. The maximum Gasteiger partial charge on any atom is 0.313 e. The highest BCUT2D eigenvalue weighted by atomic mass is 19.1. The lowest BCUT2D eigenvalue weighted by Crippen LogP contribution is -2.51. The van der Waals surface area contributed by atoms with E-state index in [4.69, 9.17) is 9.84 Å². The monoisotopic (exact) mass is 298 g/mol. The Bertz CT molecular complexity index is 586. The van der Waals surface area contributed by atoms with Crippen molar-refractivity contribution in [3.63, 3.8) is 0 Å². The molecule has 21 heavy (non-hydrogen) atoms. The van der Waals surface area contributed by atoms with Crippen LogP contribution in [-0.4, -0.2) is 36.2 Å². The van der Waals surface area contributed by atoms with Crippen molar-refractivity contribution < 1.29 is 24.0 Å². The number of nitrogens with zero attached hydrogens (tertiary/aromatic N) is 2. The Morgan fingerprint density at radius 2 is 2.19 bits per heavy atom. The molecule has 1 aliphatic heterocycles. The minimum absolute atomic E-state index is 0.0221. The zero-order chi connectivity index (χ0) is 15.7. The van der Waals surface area contributed by atoms with E-state index in [1.807, 2.05) is 0 Å². The number of halogens is 1. The average molecular weight is 298 g/mol. The molecule has 8 heteroatoms. The number of methoxy groups -OCH3 is 1. The van der Waals surface area contributed by atoms with Crippen LogP contribution < -0.4 is 9.64 Å². The Labute approximate surface area is 120 Å². The molecular weight excluding hydrogens is 283 g/mol. The third kappa shape index (κ3) is 2.74. The molecule has 0 bridgehead atoms. The van der Waals surface area contributed by atoms with Gasteiger partial charge in [0, 0.05) is 25.1 Å². The number of nitro groups is 1. The SMILES string of the molecule is COc1cc(N2CC(C(C)C(=O)O)C2)c(F)cc1[N+](=O)[O-]. The Hall–Kier alpha value is -2.38. The molecule has 0 amide bonds. The lowest BCUT2D eigenvalue weighted by molar-refractivity contribution is -0.385. The standard InChI is InChI=1S/C13H15FN2O5/c1-7(13(17)18)8-5-15(6-8)10-4-12(21-2)11(16(19)20)3-9(10)14/h3-4,7-8H,5-6H2,1-2H3,(H,17,18). The van der Waals surface area contributed by atoms with Crippen molar-refractivity contribution in [1.29, 1.82) is 0 Å². The fraction of sp³-hybridized carbons (Fsp3) is 0.462. The first-order chi connectivity index (χ1) is 9.85. The van der Waals surface area contributed by atoms with Gasteiger partial charge in [-0.3, -0.25) is 14.9 Å². The van der Waals surface area contributed by atoms with Crippen LogP contribution in [-0.2, 0) is 4.79 Å². The van der Waals surface area contributed by atoms with Crippen LogP contribution >= 0.6 is 0 Å². The van der Waals surface area contributed by atoms with Gasteiger partial charge in [0.05, 0.1) is 29.7 Å². The Morgan fingerprint density at radius 3 is 2.67 bits per heavy atom. The molecule has 1 aromatic carbocycles. The number of rotatable bonds is 5. The van der Waals surface area contributed by atoms with Gasteiger partial charge in [0.15, 0.2) is 11.6 Å². The second-order valence-corrected chi connectivity index (χ2v) is 5.02. The van der Waals surface area contributed by atoms with E-state index in [0.717, 1.165) is 6.07 Å². The molecule has 2 rings (SSSR count). The van der Waals surface area contributed by atoms with E-state index >= 15 is 0 Å². The van der Waals surface area contributed by atoms with Crippen LogP contribution in [0.1, 0.15) is 6.92 Å². The molecule has 1 atom stereocenters. The number of benzene rings is 1. The third-order valence-corrected chi connectivity index (χ3v) is 3.79. The van der Waals surface area contributed by atoms with Crippen molar-refractivity contribution >= 4 is 17.3 Å². The van der Waals surface area contributed by atoms with E-state index in [0.29, 0.717) is 13.1 Å². The molecule has 0 saturated carbocycles. The predicted octanol–water partition coefficient (Wildman–Crippen LogP) is 1.90. The van der Waals surface area contributed by atoms with Gasteiger partial charge in [-0.15, -0.1) is 0 Å². The summed E-state index contributed by atoms with van der Waals surface area (Å²) in [5, 5.41) is 19.7. The molecule has 0 aliphatic carbocycles. The van der Waals surface area contributed by atoms with Crippen LogP contribution in [0.15, 0.2) is 12.1 Å². The molecule has 0 aromatic heterocycles. The molecule has 0 radical (unpaired) electrons. The van der Waals surface area contributed by atoms with E-state index in [1.54, 1.807) is 11.8 Å². The Morgan fingerprint density at radius 1 is 1.57 bits per heavy atom. The normalized spacial score (nSPS) is 16.2. The number of carboxylic acid groups (broad SMARTS) is 1. The van der Waals surface area contributed by atoms with Gasteiger partial charge in [0.2, 0.25) is 0 Å². The molecule has 1 fully saturated rings. The first-order valence-electron chi connectivity index (χ1n) is 6.34. The molecule has 1 aromatic rings. The summed E-state index contributed by atoms with van der Waals surface area (Å²) in [5.41, 5.74) is -0.249. The summed E-state index contributed by atoms with van der Waals surface area (Å²) >= 11 is 0. The summed E-state index contributed by atoms with van der Waals surface area (Å²) in [5.74, 6) is -2.20. The van der Waals surface area contributed by atoms with Gasteiger partial charge >= 0.3 is 11.7 Å². The smallest absolute Gasteiger partial charge is 0.313 e. The van der Waals surface area contributed by atoms with Gasteiger partial charge in [-0.2, -0.15) is 0 Å². The second kappa shape index (κ2) is 5.55.